The highest BCUT2D eigenvalue weighted by Gasteiger charge is 2.39. The number of benzene rings is 1. The SMILES string of the molecule is CN(C)S(=O)(=O)N1C[C@@H]2CC[C@H](C1)N(C/C=C/c1ccc(F)cc1)C2. The first kappa shape index (κ1) is 18.5. The molecule has 1 aromatic carbocycles. The molecule has 0 aromatic heterocycles. The predicted molar refractivity (Wildman–Crippen MR) is 97.7 cm³/mol. The first-order valence-corrected chi connectivity index (χ1v) is 10.1. The molecule has 0 aliphatic carbocycles. The van der Waals surface area contributed by atoms with Gasteiger partial charge in [-0.15, -0.1) is 0 Å². The third-order valence-corrected chi connectivity index (χ3v) is 6.98. The topological polar surface area (TPSA) is 43.9 Å². The maximum absolute atomic E-state index is 12.9. The molecule has 3 aliphatic rings. The van der Waals surface area contributed by atoms with E-state index in [2.05, 4.69) is 11.0 Å². The summed E-state index contributed by atoms with van der Waals surface area (Å²) in [6.45, 7) is 2.88. The Morgan fingerprint density at radius 2 is 1.88 bits per heavy atom. The van der Waals surface area contributed by atoms with Crippen LogP contribution in [0, 0.1) is 11.7 Å². The molecule has 0 N–H and O–H groups in total. The number of rotatable bonds is 5. The molecule has 0 saturated carbocycles. The molecule has 1 aromatic rings. The van der Waals surface area contributed by atoms with E-state index in [-0.39, 0.29) is 11.9 Å². The van der Waals surface area contributed by atoms with Crippen LogP contribution in [0.3, 0.4) is 0 Å². The predicted octanol–water partition coefficient (Wildman–Crippen LogP) is 2.04. The molecule has 5 nitrogen and oxygen atoms in total. The number of halogens is 1. The van der Waals surface area contributed by atoms with Gasteiger partial charge in [0.05, 0.1) is 0 Å². The minimum Gasteiger partial charge on any atom is -0.295 e. The van der Waals surface area contributed by atoms with Gasteiger partial charge in [-0.3, -0.25) is 4.90 Å². The van der Waals surface area contributed by atoms with E-state index < -0.39 is 10.2 Å². The summed E-state index contributed by atoms with van der Waals surface area (Å²) in [5.41, 5.74) is 0.971. The zero-order valence-corrected chi connectivity index (χ0v) is 15.6. The van der Waals surface area contributed by atoms with E-state index in [0.29, 0.717) is 19.0 Å². The van der Waals surface area contributed by atoms with Crippen LogP contribution >= 0.6 is 0 Å². The van der Waals surface area contributed by atoms with Crippen molar-refractivity contribution < 1.29 is 12.8 Å². The van der Waals surface area contributed by atoms with Crippen molar-refractivity contribution in [3.63, 3.8) is 0 Å². The normalized spacial score (nSPS) is 25.8. The van der Waals surface area contributed by atoms with Crippen molar-refractivity contribution in [3.05, 3.63) is 41.7 Å². The number of hydrogen-bond donors (Lipinski definition) is 0. The zero-order valence-electron chi connectivity index (χ0n) is 14.8. The summed E-state index contributed by atoms with van der Waals surface area (Å²) in [6, 6.07) is 6.68. The van der Waals surface area contributed by atoms with Crippen LogP contribution in [-0.4, -0.2) is 68.2 Å². The van der Waals surface area contributed by atoms with E-state index in [9.17, 15) is 12.8 Å². The smallest absolute Gasteiger partial charge is 0.281 e. The van der Waals surface area contributed by atoms with Crippen molar-refractivity contribution in [2.24, 2.45) is 5.92 Å². The van der Waals surface area contributed by atoms with Crippen molar-refractivity contribution >= 4 is 16.3 Å². The molecule has 7 heteroatoms. The van der Waals surface area contributed by atoms with Crippen LogP contribution in [0.1, 0.15) is 18.4 Å². The second kappa shape index (κ2) is 7.53. The van der Waals surface area contributed by atoms with Crippen molar-refractivity contribution in [1.82, 2.24) is 13.5 Å². The van der Waals surface area contributed by atoms with Crippen molar-refractivity contribution in [3.8, 4) is 0 Å². The van der Waals surface area contributed by atoms with Crippen LogP contribution < -0.4 is 0 Å². The van der Waals surface area contributed by atoms with Gasteiger partial charge in [-0.25, -0.2) is 4.39 Å². The minimum atomic E-state index is -3.35. The molecule has 0 amide bonds. The average molecular weight is 367 g/mol. The second-order valence-corrected chi connectivity index (χ2v) is 9.25. The van der Waals surface area contributed by atoms with E-state index >= 15 is 0 Å². The van der Waals surface area contributed by atoms with Crippen LogP contribution in [0.4, 0.5) is 4.39 Å². The average Bonchev–Trinajstić information content (AvgIpc) is 2.89. The van der Waals surface area contributed by atoms with Crippen molar-refractivity contribution in [2.45, 2.75) is 18.9 Å². The molecule has 3 fully saturated rings. The van der Waals surface area contributed by atoms with Crippen molar-refractivity contribution in [1.29, 1.82) is 0 Å². The van der Waals surface area contributed by atoms with Gasteiger partial charge in [0.25, 0.3) is 10.2 Å². The molecular weight excluding hydrogens is 341 g/mol. The number of piperidine rings is 1. The van der Waals surface area contributed by atoms with Gasteiger partial charge in [0.2, 0.25) is 0 Å². The van der Waals surface area contributed by atoms with E-state index in [1.165, 1.54) is 16.4 Å². The lowest BCUT2D eigenvalue weighted by molar-refractivity contribution is 0.149. The Kier molecular flexibility index (Phi) is 5.58. The Morgan fingerprint density at radius 1 is 1.16 bits per heavy atom. The second-order valence-electron chi connectivity index (χ2n) is 7.11. The maximum Gasteiger partial charge on any atom is 0.281 e. The quantitative estimate of drug-likeness (QED) is 0.800. The van der Waals surface area contributed by atoms with Crippen LogP contribution in [0.25, 0.3) is 6.08 Å². The number of fused-ring (bicyclic) bond motifs is 4. The maximum atomic E-state index is 12.9. The lowest BCUT2D eigenvalue weighted by Crippen LogP contribution is -2.46. The van der Waals surface area contributed by atoms with Gasteiger partial charge in [-0.1, -0.05) is 24.3 Å². The largest absolute Gasteiger partial charge is 0.295 e. The Bertz CT molecular complexity index is 718. The zero-order chi connectivity index (χ0) is 18.0. The number of hydrogen-bond acceptors (Lipinski definition) is 3. The van der Waals surface area contributed by atoms with E-state index in [4.69, 9.17) is 0 Å². The number of nitrogens with zero attached hydrogens (tertiary/aromatic N) is 3. The van der Waals surface area contributed by atoms with Crippen LogP contribution in [-0.2, 0) is 10.2 Å². The van der Waals surface area contributed by atoms with Gasteiger partial charge in [-0.05, 0) is 36.5 Å². The molecule has 0 radical (unpaired) electrons. The third-order valence-electron chi connectivity index (χ3n) is 5.10. The fourth-order valence-corrected chi connectivity index (χ4v) is 4.90. The molecule has 3 heterocycles. The molecule has 2 atom stereocenters. The van der Waals surface area contributed by atoms with Gasteiger partial charge in [0.1, 0.15) is 5.82 Å². The molecule has 25 heavy (non-hydrogen) atoms. The summed E-state index contributed by atoms with van der Waals surface area (Å²) in [5.74, 6) is 0.150. The highest BCUT2D eigenvalue weighted by Crippen LogP contribution is 2.29. The van der Waals surface area contributed by atoms with E-state index in [1.807, 2.05) is 6.08 Å². The summed E-state index contributed by atoms with van der Waals surface area (Å²) in [6.07, 6.45) is 6.20. The van der Waals surface area contributed by atoms with Gasteiger partial charge in [0.15, 0.2) is 0 Å². The van der Waals surface area contributed by atoms with Crippen LogP contribution in [0.5, 0.6) is 0 Å². The van der Waals surface area contributed by atoms with E-state index in [0.717, 1.165) is 31.5 Å². The first-order valence-electron chi connectivity index (χ1n) is 8.70. The Labute approximate surface area is 149 Å². The lowest BCUT2D eigenvalue weighted by atomic mass is 9.95. The molecule has 0 spiro atoms. The summed E-state index contributed by atoms with van der Waals surface area (Å²) >= 11 is 0. The van der Waals surface area contributed by atoms with Gasteiger partial charge in [0, 0.05) is 46.3 Å². The Balaban J connectivity index is 1.66. The van der Waals surface area contributed by atoms with E-state index in [1.54, 1.807) is 30.5 Å². The van der Waals surface area contributed by atoms with Gasteiger partial charge < -0.3 is 0 Å². The minimum absolute atomic E-state index is 0.232. The standard InChI is InChI=1S/C18H26FN3O2S/c1-20(2)25(23,24)22-13-16-7-10-18(14-22)21(12-16)11-3-4-15-5-8-17(19)9-6-15/h3-6,8-9,16,18H,7,10-14H2,1-2H3/b4-3+/t16-,18-/m1/s1. The van der Waals surface area contributed by atoms with Crippen molar-refractivity contribution in [2.75, 3.05) is 40.3 Å². The highest BCUT2D eigenvalue weighted by molar-refractivity contribution is 7.86. The molecule has 2 bridgehead atoms. The van der Waals surface area contributed by atoms with Crippen LogP contribution in [0.2, 0.25) is 0 Å². The molecular formula is C18H26FN3O2S. The Hall–Kier alpha value is -1.28. The monoisotopic (exact) mass is 367 g/mol. The fraction of sp³-hybridized carbons (Fsp3) is 0.556. The molecule has 3 aliphatic heterocycles. The van der Waals surface area contributed by atoms with Gasteiger partial charge in [-0.2, -0.15) is 17.0 Å². The molecule has 4 rings (SSSR count). The summed E-state index contributed by atoms with van der Waals surface area (Å²) < 4.78 is 40.8. The third kappa shape index (κ3) is 4.28. The highest BCUT2D eigenvalue weighted by atomic mass is 32.2. The van der Waals surface area contributed by atoms with Gasteiger partial charge >= 0.3 is 0 Å². The summed E-state index contributed by atoms with van der Waals surface area (Å²) in [4.78, 5) is 2.37. The lowest BCUT2D eigenvalue weighted by Gasteiger charge is -2.35. The summed E-state index contributed by atoms with van der Waals surface area (Å²) in [7, 11) is -0.176. The van der Waals surface area contributed by atoms with Crippen LogP contribution in [0.15, 0.2) is 30.3 Å². The summed E-state index contributed by atoms with van der Waals surface area (Å²) in [5, 5.41) is 0. The fourth-order valence-electron chi connectivity index (χ4n) is 3.68. The Morgan fingerprint density at radius 3 is 2.56 bits per heavy atom. The molecule has 3 saturated heterocycles. The molecule has 138 valence electrons. The first-order chi connectivity index (χ1) is 11.9. The molecule has 0 unspecified atom stereocenters.